The third-order valence-electron chi connectivity index (χ3n) is 0.236. The Morgan fingerprint density at radius 1 is 1.60 bits per heavy atom. The van der Waals surface area contributed by atoms with Crippen LogP contribution < -0.4 is 0 Å². The average Bonchev–Trinajstić information content (AvgIpc) is 1.38. The van der Waals surface area contributed by atoms with E-state index >= 15 is 0 Å². The molecule has 0 aliphatic rings. The van der Waals surface area contributed by atoms with Crippen LogP contribution in [0.1, 0.15) is 13.8 Å². The fraction of sp³-hybridized carbons (Fsp3) is 0.750. The van der Waals surface area contributed by atoms with Crippen LogP contribution in [-0.4, -0.2) is 6.10 Å². The van der Waals surface area contributed by atoms with Crippen LogP contribution in [0.3, 0.4) is 0 Å². The first-order chi connectivity index (χ1) is 2.27. The minimum atomic E-state index is 0.0509. The summed E-state index contributed by atoms with van der Waals surface area (Å²) >= 11 is 0. The van der Waals surface area contributed by atoms with Gasteiger partial charge in [0.25, 0.3) is 0 Å². The van der Waals surface area contributed by atoms with Crippen molar-refractivity contribution in [1.82, 2.24) is 0 Å². The molecule has 0 saturated carbocycles. The second-order valence-corrected chi connectivity index (χ2v) is 1.17. The van der Waals surface area contributed by atoms with Crippen molar-refractivity contribution in [3.8, 4) is 0 Å². The van der Waals surface area contributed by atoms with Gasteiger partial charge < -0.3 is 4.74 Å². The van der Waals surface area contributed by atoms with E-state index in [2.05, 4.69) is 4.74 Å². The molecule has 0 aliphatic heterocycles. The third kappa shape index (κ3) is 3.96. The van der Waals surface area contributed by atoms with Crippen LogP contribution in [0.25, 0.3) is 0 Å². The third-order valence-corrected chi connectivity index (χ3v) is 0.236. The van der Waals surface area contributed by atoms with Crippen molar-refractivity contribution in [2.24, 2.45) is 0 Å². The summed E-state index contributed by atoms with van der Waals surface area (Å²) in [5, 5.41) is 0. The van der Waals surface area contributed by atoms with Crippen LogP contribution in [0.2, 0.25) is 0 Å². The van der Waals surface area contributed by atoms with Gasteiger partial charge in [-0.1, -0.05) is 0 Å². The van der Waals surface area contributed by atoms with E-state index in [1.165, 1.54) is 0 Å². The van der Waals surface area contributed by atoms with Gasteiger partial charge in [0.1, 0.15) is 0 Å². The molecule has 0 aliphatic carbocycles. The fourth-order valence-electron chi connectivity index (χ4n) is 0. The van der Waals surface area contributed by atoms with Gasteiger partial charge in [-0.2, -0.15) is 0 Å². The van der Waals surface area contributed by atoms with Gasteiger partial charge in [-0.3, -0.25) is 0 Å². The molecule has 0 spiro atoms. The molecule has 0 heterocycles. The summed E-state index contributed by atoms with van der Waals surface area (Å²) in [5.74, 6) is 0. The lowest BCUT2D eigenvalue weighted by molar-refractivity contribution is 0.172. The molecule has 0 aromatic heterocycles. The molecule has 0 saturated heterocycles. The molecule has 29 valence electrons. The summed E-state index contributed by atoms with van der Waals surface area (Å²) in [7, 11) is 6.16. The van der Waals surface area contributed by atoms with Crippen LogP contribution in [-0.2, 0) is 4.74 Å². The predicted molar refractivity (Wildman–Crippen MR) is 19.5 cm³/mol. The van der Waals surface area contributed by atoms with Crippen molar-refractivity contribution in [2.75, 3.05) is 0 Å². The Morgan fingerprint density at radius 3 is 1.80 bits per heavy atom. The van der Waals surface area contributed by atoms with Crippen molar-refractivity contribution >= 4 is 0 Å². The Kier molecular flexibility index (Phi) is 2.19. The summed E-state index contributed by atoms with van der Waals surface area (Å²) in [6, 6.07) is 0. The highest BCUT2D eigenvalue weighted by Gasteiger charge is 1.80. The Bertz CT molecular complexity index is 17.6. The summed E-state index contributed by atoms with van der Waals surface area (Å²) in [6.45, 7) is 3.62. The van der Waals surface area contributed by atoms with Crippen molar-refractivity contribution in [3.63, 3.8) is 0 Å². The first kappa shape index (κ1) is 4.96. The van der Waals surface area contributed by atoms with Crippen LogP contribution in [0.4, 0.5) is 0 Å². The van der Waals surface area contributed by atoms with Crippen molar-refractivity contribution in [2.45, 2.75) is 20.0 Å². The molecule has 0 amide bonds. The molecule has 1 nitrogen and oxygen atoms in total. The average molecular weight is 71.1 g/mol. The van der Waals surface area contributed by atoms with Gasteiger partial charge in [-0.15, -0.1) is 0 Å². The lowest BCUT2D eigenvalue weighted by atomic mass is 10.5. The van der Waals surface area contributed by atoms with E-state index in [0.29, 0.717) is 0 Å². The second kappa shape index (κ2) is 2.21. The van der Waals surface area contributed by atoms with Gasteiger partial charge in [0.2, 0.25) is 0 Å². The molecule has 0 N–H and O–H groups in total. The molecule has 1 heteroatoms. The van der Waals surface area contributed by atoms with E-state index in [-0.39, 0.29) is 6.10 Å². The highest BCUT2D eigenvalue weighted by Crippen LogP contribution is 1.79. The minimum absolute atomic E-state index is 0.0509. The maximum absolute atomic E-state index is 6.16. The molecule has 0 aromatic carbocycles. The molecule has 0 unspecified atom stereocenters. The zero-order valence-electron chi connectivity index (χ0n) is 3.49. The molecule has 0 bridgehead atoms. The summed E-state index contributed by atoms with van der Waals surface area (Å²) in [4.78, 5) is 0. The minimum Gasteiger partial charge on any atom is -0.362 e. The van der Waals surface area contributed by atoms with Crippen LogP contribution >= 0.6 is 0 Å². The summed E-state index contributed by atoms with van der Waals surface area (Å²) in [5.41, 5.74) is 0. The maximum Gasteiger partial charge on any atom is 0.173 e. The Labute approximate surface area is 32.9 Å². The largest absolute Gasteiger partial charge is 0.362 e. The van der Waals surface area contributed by atoms with Crippen molar-refractivity contribution < 1.29 is 4.74 Å². The van der Waals surface area contributed by atoms with E-state index in [1.807, 2.05) is 13.8 Å². The van der Waals surface area contributed by atoms with Crippen LogP contribution in [0.15, 0.2) is 0 Å². The number of hydrogen-bond donors (Lipinski definition) is 0. The SMILES string of the molecule is [C]OC(C)C. The Balaban J connectivity index is 2.54. The lowest BCUT2D eigenvalue weighted by Crippen LogP contribution is -1.92. The highest BCUT2D eigenvalue weighted by atomic mass is 16.5. The van der Waals surface area contributed by atoms with Gasteiger partial charge in [0.15, 0.2) is 7.11 Å². The summed E-state index contributed by atoms with van der Waals surface area (Å²) in [6.07, 6.45) is 0.0509. The topological polar surface area (TPSA) is 9.23 Å². The molecule has 0 rings (SSSR count). The Hall–Kier alpha value is -0.0400. The van der Waals surface area contributed by atoms with E-state index in [9.17, 15) is 0 Å². The van der Waals surface area contributed by atoms with E-state index in [4.69, 9.17) is 7.11 Å². The van der Waals surface area contributed by atoms with Gasteiger partial charge in [0.05, 0.1) is 6.10 Å². The summed E-state index contributed by atoms with van der Waals surface area (Å²) < 4.78 is 4.00. The smallest absolute Gasteiger partial charge is 0.173 e. The fourth-order valence-corrected chi connectivity index (χ4v) is 0. The quantitative estimate of drug-likeness (QED) is 0.447. The normalized spacial score (nSPS) is 9.60. The van der Waals surface area contributed by atoms with E-state index in [0.717, 1.165) is 0 Å². The standard InChI is InChI=1S/C4H7O/c1-4(2)5-3/h4H,1-2H3. The molecular weight excluding hydrogens is 64.0 g/mol. The molecule has 3 radical (unpaired) electrons. The van der Waals surface area contributed by atoms with Gasteiger partial charge in [-0.05, 0) is 13.8 Å². The number of ether oxygens (including phenoxy) is 1. The van der Waals surface area contributed by atoms with Crippen LogP contribution in [0, 0.1) is 7.11 Å². The monoisotopic (exact) mass is 71.0 g/mol. The predicted octanol–water partition coefficient (Wildman–Crippen LogP) is 0.957. The van der Waals surface area contributed by atoms with Gasteiger partial charge in [0, 0.05) is 0 Å². The van der Waals surface area contributed by atoms with E-state index in [1.54, 1.807) is 0 Å². The number of hydrogen-bond acceptors (Lipinski definition) is 1. The van der Waals surface area contributed by atoms with Crippen molar-refractivity contribution in [1.29, 1.82) is 0 Å². The number of rotatable bonds is 1. The first-order valence-corrected chi connectivity index (χ1v) is 1.59. The van der Waals surface area contributed by atoms with Crippen molar-refractivity contribution in [3.05, 3.63) is 7.11 Å². The molecule has 5 heavy (non-hydrogen) atoms. The zero-order chi connectivity index (χ0) is 4.28. The Morgan fingerprint density at radius 2 is 1.80 bits per heavy atom. The molecule has 0 atom stereocenters. The second-order valence-electron chi connectivity index (χ2n) is 1.17. The molecule has 0 fully saturated rings. The lowest BCUT2D eigenvalue weighted by Gasteiger charge is -1.93. The molecule has 0 aromatic rings. The highest BCUT2D eigenvalue weighted by molar-refractivity contribution is 4.29. The molecular formula is C4H7O. The van der Waals surface area contributed by atoms with Gasteiger partial charge >= 0.3 is 0 Å². The van der Waals surface area contributed by atoms with Gasteiger partial charge in [-0.25, -0.2) is 0 Å². The van der Waals surface area contributed by atoms with Crippen LogP contribution in [0.5, 0.6) is 0 Å². The first-order valence-electron chi connectivity index (χ1n) is 1.59. The zero-order valence-corrected chi connectivity index (χ0v) is 3.49. The maximum atomic E-state index is 6.16. The van der Waals surface area contributed by atoms with E-state index < -0.39 is 0 Å².